The van der Waals surface area contributed by atoms with Crippen LogP contribution in [0, 0.1) is 0 Å². The second-order valence-corrected chi connectivity index (χ2v) is 4.66. The Balaban J connectivity index is 1.69. The highest BCUT2D eigenvalue weighted by molar-refractivity contribution is 6.02. The molecule has 2 N–H and O–H groups in total. The minimum Gasteiger partial charge on any atom is -0.322 e. The van der Waals surface area contributed by atoms with Gasteiger partial charge in [0.2, 0.25) is 5.91 Å². The molecule has 5 heteroatoms. The van der Waals surface area contributed by atoms with Crippen molar-refractivity contribution in [2.75, 3.05) is 5.32 Å². The van der Waals surface area contributed by atoms with Gasteiger partial charge >= 0.3 is 0 Å². The highest BCUT2D eigenvalue weighted by atomic mass is 16.1. The van der Waals surface area contributed by atoms with Crippen molar-refractivity contribution in [2.45, 2.75) is 0 Å². The molecule has 0 fully saturated rings. The normalized spacial score (nSPS) is 10.7. The molecular weight excluding hydrogens is 276 g/mol. The van der Waals surface area contributed by atoms with Crippen molar-refractivity contribution in [1.82, 2.24) is 15.2 Å². The van der Waals surface area contributed by atoms with E-state index < -0.39 is 0 Å². The third kappa shape index (κ3) is 3.46. The van der Waals surface area contributed by atoms with Gasteiger partial charge in [-0.1, -0.05) is 18.2 Å². The molecule has 22 heavy (non-hydrogen) atoms. The van der Waals surface area contributed by atoms with Crippen molar-refractivity contribution in [3.05, 3.63) is 72.7 Å². The first kappa shape index (κ1) is 13.8. The summed E-state index contributed by atoms with van der Waals surface area (Å²) in [7, 11) is 0. The topological polar surface area (TPSA) is 70.7 Å². The number of pyridine rings is 1. The number of hydrogen-bond donors (Lipinski definition) is 2. The second-order valence-electron chi connectivity index (χ2n) is 4.66. The first-order chi connectivity index (χ1) is 10.8. The van der Waals surface area contributed by atoms with E-state index >= 15 is 0 Å². The molecule has 0 aliphatic heterocycles. The van der Waals surface area contributed by atoms with Crippen LogP contribution in [0.15, 0.2) is 67.1 Å². The summed E-state index contributed by atoms with van der Waals surface area (Å²) in [6.45, 7) is 0. The number of carbonyl (C=O) groups is 1. The summed E-state index contributed by atoms with van der Waals surface area (Å²) in [5.41, 5.74) is 3.48. The van der Waals surface area contributed by atoms with Gasteiger partial charge in [-0.05, 0) is 35.9 Å². The molecule has 0 atom stereocenters. The van der Waals surface area contributed by atoms with Crippen LogP contribution in [-0.4, -0.2) is 21.1 Å². The minimum absolute atomic E-state index is 0.189. The fourth-order valence-electron chi connectivity index (χ4n) is 2.01. The molecule has 3 rings (SSSR count). The predicted molar refractivity (Wildman–Crippen MR) is 85.9 cm³/mol. The maximum Gasteiger partial charge on any atom is 0.248 e. The first-order valence-electron chi connectivity index (χ1n) is 6.80. The van der Waals surface area contributed by atoms with Gasteiger partial charge < -0.3 is 5.32 Å². The van der Waals surface area contributed by atoms with E-state index in [2.05, 4.69) is 20.5 Å². The molecule has 0 saturated carbocycles. The second kappa shape index (κ2) is 6.49. The summed E-state index contributed by atoms with van der Waals surface area (Å²) in [6, 6.07) is 13.2. The van der Waals surface area contributed by atoms with Gasteiger partial charge in [-0.2, -0.15) is 5.10 Å². The summed E-state index contributed by atoms with van der Waals surface area (Å²) >= 11 is 0. The lowest BCUT2D eigenvalue weighted by Gasteiger charge is -2.04. The largest absolute Gasteiger partial charge is 0.322 e. The molecule has 0 spiro atoms. The molecule has 5 nitrogen and oxygen atoms in total. The molecule has 0 aliphatic rings. The van der Waals surface area contributed by atoms with Crippen molar-refractivity contribution in [2.24, 2.45) is 0 Å². The number of nitrogens with one attached hydrogen (secondary N) is 2. The van der Waals surface area contributed by atoms with Crippen molar-refractivity contribution in [3.63, 3.8) is 0 Å². The number of H-pyrrole nitrogens is 1. The zero-order valence-electron chi connectivity index (χ0n) is 11.7. The molecule has 108 valence electrons. The van der Waals surface area contributed by atoms with E-state index in [9.17, 15) is 4.79 Å². The van der Waals surface area contributed by atoms with E-state index in [0.717, 1.165) is 22.5 Å². The maximum absolute atomic E-state index is 11.9. The summed E-state index contributed by atoms with van der Waals surface area (Å²) in [4.78, 5) is 15.9. The van der Waals surface area contributed by atoms with Crippen LogP contribution in [0.2, 0.25) is 0 Å². The predicted octanol–water partition coefficient (Wildman–Crippen LogP) is 3.12. The van der Waals surface area contributed by atoms with Gasteiger partial charge in [0.1, 0.15) is 0 Å². The summed E-state index contributed by atoms with van der Waals surface area (Å²) < 4.78 is 0. The van der Waals surface area contributed by atoms with Gasteiger partial charge in [-0.3, -0.25) is 14.9 Å². The zero-order valence-corrected chi connectivity index (χ0v) is 11.7. The lowest BCUT2D eigenvalue weighted by atomic mass is 10.1. The van der Waals surface area contributed by atoms with E-state index in [4.69, 9.17) is 0 Å². The van der Waals surface area contributed by atoms with Crippen LogP contribution in [-0.2, 0) is 4.79 Å². The quantitative estimate of drug-likeness (QED) is 0.725. The van der Waals surface area contributed by atoms with Gasteiger partial charge in [0.25, 0.3) is 0 Å². The van der Waals surface area contributed by atoms with Crippen molar-refractivity contribution >= 4 is 17.7 Å². The van der Waals surface area contributed by atoms with E-state index in [-0.39, 0.29) is 5.91 Å². The van der Waals surface area contributed by atoms with Crippen LogP contribution in [0.4, 0.5) is 5.69 Å². The molecule has 2 aromatic heterocycles. The Morgan fingerprint density at radius 2 is 2.09 bits per heavy atom. The van der Waals surface area contributed by atoms with Crippen LogP contribution in [0.5, 0.6) is 0 Å². The van der Waals surface area contributed by atoms with E-state index in [1.54, 1.807) is 24.7 Å². The number of rotatable bonds is 4. The van der Waals surface area contributed by atoms with Crippen LogP contribution in [0.1, 0.15) is 5.56 Å². The standard InChI is InChI=1S/C17H14N4O/c22-17(7-6-13-3-2-9-18-12-13)20-15-5-1-4-14(11-15)16-8-10-19-21-16/h1-12H,(H,19,21)(H,20,22)/b7-6+. The number of aromatic nitrogens is 3. The molecule has 0 unspecified atom stereocenters. The summed E-state index contributed by atoms with van der Waals surface area (Å²) in [5.74, 6) is -0.189. The van der Waals surface area contributed by atoms with Crippen molar-refractivity contribution in [3.8, 4) is 11.3 Å². The number of hydrogen-bond acceptors (Lipinski definition) is 3. The van der Waals surface area contributed by atoms with Crippen LogP contribution < -0.4 is 5.32 Å². The van der Waals surface area contributed by atoms with E-state index in [1.165, 1.54) is 6.08 Å². The van der Waals surface area contributed by atoms with Crippen LogP contribution in [0.3, 0.4) is 0 Å². The maximum atomic E-state index is 11.9. The molecule has 1 amide bonds. The average Bonchev–Trinajstić information content (AvgIpc) is 3.09. The van der Waals surface area contributed by atoms with Gasteiger partial charge in [0.05, 0.1) is 5.69 Å². The fraction of sp³-hybridized carbons (Fsp3) is 0. The molecule has 3 aromatic rings. The number of anilines is 1. The molecule has 0 bridgehead atoms. The molecule has 2 heterocycles. The van der Waals surface area contributed by atoms with Gasteiger partial charge in [-0.25, -0.2) is 0 Å². The highest BCUT2D eigenvalue weighted by Crippen LogP contribution is 2.20. The van der Waals surface area contributed by atoms with Crippen LogP contribution >= 0.6 is 0 Å². The highest BCUT2D eigenvalue weighted by Gasteiger charge is 2.02. The average molecular weight is 290 g/mol. The molecular formula is C17H14N4O. The SMILES string of the molecule is O=C(/C=C/c1cccnc1)Nc1cccc(-c2ccn[nH]2)c1. The Morgan fingerprint density at radius 3 is 2.86 bits per heavy atom. The monoisotopic (exact) mass is 290 g/mol. The van der Waals surface area contributed by atoms with E-state index in [0.29, 0.717) is 0 Å². The van der Waals surface area contributed by atoms with Crippen molar-refractivity contribution < 1.29 is 4.79 Å². The fourth-order valence-corrected chi connectivity index (χ4v) is 2.01. The smallest absolute Gasteiger partial charge is 0.248 e. The lowest BCUT2D eigenvalue weighted by molar-refractivity contribution is -0.111. The third-order valence-corrected chi connectivity index (χ3v) is 3.05. The lowest BCUT2D eigenvalue weighted by Crippen LogP contribution is -2.07. The number of aromatic amines is 1. The van der Waals surface area contributed by atoms with Gasteiger partial charge in [0, 0.05) is 35.9 Å². The number of benzene rings is 1. The molecule has 0 radical (unpaired) electrons. The van der Waals surface area contributed by atoms with Gasteiger partial charge in [-0.15, -0.1) is 0 Å². The molecule has 1 aromatic carbocycles. The summed E-state index contributed by atoms with van der Waals surface area (Å²) in [6.07, 6.45) is 8.29. The zero-order chi connectivity index (χ0) is 15.2. The Morgan fingerprint density at radius 1 is 1.14 bits per heavy atom. The van der Waals surface area contributed by atoms with E-state index in [1.807, 2.05) is 42.5 Å². The Labute approximate surface area is 127 Å². The summed E-state index contributed by atoms with van der Waals surface area (Å²) in [5, 5.41) is 9.65. The van der Waals surface area contributed by atoms with Crippen LogP contribution in [0.25, 0.3) is 17.3 Å². The number of carbonyl (C=O) groups excluding carboxylic acids is 1. The van der Waals surface area contributed by atoms with Crippen molar-refractivity contribution in [1.29, 1.82) is 0 Å². The Kier molecular flexibility index (Phi) is 4.06. The van der Waals surface area contributed by atoms with Gasteiger partial charge in [0.15, 0.2) is 0 Å². The Hall–Kier alpha value is -3.21. The first-order valence-corrected chi connectivity index (χ1v) is 6.80. The Bertz CT molecular complexity index is 779. The molecule has 0 aliphatic carbocycles. The molecule has 0 saturated heterocycles. The minimum atomic E-state index is -0.189. The number of amides is 1. The number of nitrogens with zero attached hydrogens (tertiary/aromatic N) is 2. The third-order valence-electron chi connectivity index (χ3n) is 3.05.